The fourth-order valence-corrected chi connectivity index (χ4v) is 10.9. The molecular weight excluding hydrogens is 922 g/mol. The second kappa shape index (κ2) is 21.5. The second-order valence-corrected chi connectivity index (χ2v) is 19.4. The molecule has 10 atom stereocenters. The molecule has 5 N–H and O–H groups in total. The van der Waals surface area contributed by atoms with Crippen LogP contribution in [0.1, 0.15) is 24.4 Å². The van der Waals surface area contributed by atoms with Crippen LogP contribution in [0.4, 0.5) is 14.6 Å². The fraction of sp³-hybridized carbons (Fsp3) is 0.543. The standard InChI is InChI=1S/C35H43F2N7O17P2S/c36-26-29-23(59-34(26)44-19-41-28-31(38)39-18-40-32(28)44)15-56-63(51,61-30-22(14-55-62(49,50)60-29)58-33(27(30)37)43-7-6-24(46)42-35(43)48)64-17-20-2-4-21(5-3-20)57-25(47)16-54-13-12-53-11-10-52-9-1-8-45/h2-7,18-19,22-23,26-27,29-30,33-34,45H,1,8-17H2,(H,49,50)(H2,38,39,40)(H,42,46,48)/t22-,23-,26-,27-,29-,30-,33-,34-,63?/m1/s1. The van der Waals surface area contributed by atoms with Gasteiger partial charge in [-0.25, -0.2) is 42.5 Å². The number of alkyl halides is 2. The number of imidazole rings is 1. The van der Waals surface area contributed by atoms with E-state index >= 15 is 8.78 Å². The van der Waals surface area contributed by atoms with Crippen molar-refractivity contribution >= 4 is 49.0 Å². The molecule has 3 saturated heterocycles. The summed E-state index contributed by atoms with van der Waals surface area (Å²) in [6, 6.07) is 6.90. The van der Waals surface area contributed by atoms with E-state index in [4.69, 9.17) is 57.4 Å². The number of nitrogens with one attached hydrogen (secondary N) is 1. The molecule has 6 heterocycles. The number of ether oxygens (including phenoxy) is 6. The third-order valence-corrected chi connectivity index (χ3v) is 14.2. The molecule has 3 aliphatic heterocycles. The van der Waals surface area contributed by atoms with E-state index in [9.17, 15) is 28.4 Å². The number of nitrogen functional groups attached to an aromatic ring is 1. The number of H-pyrrole nitrogens is 1. The average Bonchev–Trinajstić information content (AvgIpc) is 3.92. The predicted octanol–water partition coefficient (Wildman–Crippen LogP) is 1.73. The number of aliphatic hydroxyl groups excluding tert-OH is 1. The molecule has 2 unspecified atom stereocenters. The van der Waals surface area contributed by atoms with Gasteiger partial charge in [-0.2, -0.15) is 0 Å². The molecule has 7 rings (SSSR count). The number of anilines is 1. The Bertz CT molecular complexity index is 2440. The summed E-state index contributed by atoms with van der Waals surface area (Å²) in [5.74, 6) is -0.700. The number of esters is 1. The lowest BCUT2D eigenvalue weighted by Crippen LogP contribution is -2.38. The summed E-state index contributed by atoms with van der Waals surface area (Å²) in [7, 11) is -5.24. The molecule has 350 valence electrons. The smallest absolute Gasteiger partial charge is 0.425 e. The van der Waals surface area contributed by atoms with Gasteiger partial charge < -0.3 is 44.2 Å². The van der Waals surface area contributed by atoms with Crippen LogP contribution in [-0.4, -0.2) is 141 Å². The lowest BCUT2D eigenvalue weighted by atomic mass is 10.1. The molecule has 29 heteroatoms. The molecular formula is C35H43F2N7O17P2S. The highest BCUT2D eigenvalue weighted by molar-refractivity contribution is 8.54. The number of rotatable bonds is 17. The Balaban J connectivity index is 1.05. The first-order valence-corrected chi connectivity index (χ1v) is 24.1. The third-order valence-electron chi connectivity index (χ3n) is 9.58. The molecule has 64 heavy (non-hydrogen) atoms. The van der Waals surface area contributed by atoms with Crippen LogP contribution in [0.15, 0.2) is 58.8 Å². The number of hydrogen-bond donors (Lipinski definition) is 4. The van der Waals surface area contributed by atoms with Crippen LogP contribution in [0.3, 0.4) is 0 Å². The van der Waals surface area contributed by atoms with Crippen molar-refractivity contribution in [3.8, 4) is 5.75 Å². The van der Waals surface area contributed by atoms with Crippen molar-refractivity contribution < 1.29 is 79.2 Å². The van der Waals surface area contributed by atoms with Crippen LogP contribution < -0.4 is 21.7 Å². The van der Waals surface area contributed by atoms with E-state index in [2.05, 4.69) is 15.0 Å². The van der Waals surface area contributed by atoms with Crippen LogP contribution >= 0.6 is 26.0 Å². The van der Waals surface area contributed by atoms with Crippen molar-refractivity contribution in [2.45, 2.75) is 61.4 Å². The van der Waals surface area contributed by atoms with Crippen LogP contribution in [0.25, 0.3) is 11.2 Å². The first kappa shape index (κ1) is 47.9. The number of halogens is 2. The molecule has 0 amide bonds. The highest BCUT2D eigenvalue weighted by atomic mass is 32.7. The van der Waals surface area contributed by atoms with Gasteiger partial charge in [-0.15, -0.1) is 0 Å². The Hall–Kier alpha value is -4.05. The molecule has 0 radical (unpaired) electrons. The minimum atomic E-state index is -5.24. The quantitative estimate of drug-likeness (QED) is 0.0507. The Morgan fingerprint density at radius 1 is 0.891 bits per heavy atom. The third kappa shape index (κ3) is 11.8. The lowest BCUT2D eigenvalue weighted by molar-refractivity contribution is -0.140. The number of benzene rings is 1. The Labute approximate surface area is 364 Å². The van der Waals surface area contributed by atoms with Gasteiger partial charge in [0, 0.05) is 31.2 Å². The largest absolute Gasteiger partial charge is 0.472 e. The number of carbonyl (C=O) groups is 1. The van der Waals surface area contributed by atoms with E-state index in [0.717, 1.165) is 29.5 Å². The van der Waals surface area contributed by atoms with Crippen LogP contribution in [-0.2, 0) is 61.5 Å². The number of aromatic nitrogens is 6. The van der Waals surface area contributed by atoms with E-state index < -0.39 is 94.3 Å². The number of carbonyl (C=O) groups excluding carboxylic acids is 1. The first-order valence-electron chi connectivity index (χ1n) is 19.4. The van der Waals surface area contributed by atoms with Gasteiger partial charge in [-0.3, -0.25) is 37.0 Å². The molecule has 3 fully saturated rings. The van der Waals surface area contributed by atoms with Gasteiger partial charge in [0.25, 0.3) is 5.56 Å². The zero-order chi connectivity index (χ0) is 45.4. The maximum atomic E-state index is 16.4. The van der Waals surface area contributed by atoms with E-state index in [0.29, 0.717) is 47.8 Å². The molecule has 3 aromatic heterocycles. The van der Waals surface area contributed by atoms with Gasteiger partial charge in [0.15, 0.2) is 36.3 Å². The predicted molar refractivity (Wildman–Crippen MR) is 215 cm³/mol. The number of phosphoric acid groups is 1. The maximum absolute atomic E-state index is 16.4. The molecule has 3 aliphatic rings. The average molecular weight is 966 g/mol. The maximum Gasteiger partial charge on any atom is 0.472 e. The molecule has 24 nitrogen and oxygen atoms in total. The first-order chi connectivity index (χ1) is 30.7. The number of hydrogen-bond acceptors (Lipinski definition) is 21. The number of nitrogens with two attached hydrogens (primary N) is 1. The molecule has 1 aromatic carbocycles. The number of nitrogens with zero attached hydrogens (tertiary/aromatic N) is 5. The summed E-state index contributed by atoms with van der Waals surface area (Å²) < 4.78 is 118. The van der Waals surface area contributed by atoms with Crippen LogP contribution in [0.5, 0.6) is 5.75 Å². The van der Waals surface area contributed by atoms with Gasteiger partial charge in [0.1, 0.15) is 48.6 Å². The fourth-order valence-electron chi connectivity index (χ4n) is 6.53. The van der Waals surface area contributed by atoms with Crippen molar-refractivity contribution in [1.29, 1.82) is 0 Å². The molecule has 0 bridgehead atoms. The monoisotopic (exact) mass is 965 g/mol. The topological polar surface area (TPSA) is 308 Å². The summed E-state index contributed by atoms with van der Waals surface area (Å²) in [5, 5.41) is 8.75. The van der Waals surface area contributed by atoms with Gasteiger partial charge in [-0.05, 0) is 35.5 Å². The molecule has 0 saturated carbocycles. The highest BCUT2D eigenvalue weighted by Gasteiger charge is 2.55. The van der Waals surface area contributed by atoms with Gasteiger partial charge in [0.2, 0.25) is 0 Å². The number of aromatic amines is 1. The van der Waals surface area contributed by atoms with Crippen LogP contribution in [0, 0.1) is 0 Å². The summed E-state index contributed by atoms with van der Waals surface area (Å²) in [6.07, 6.45) is -11.3. The normalized spacial score (nSPS) is 29.8. The zero-order valence-electron chi connectivity index (χ0n) is 33.4. The van der Waals surface area contributed by atoms with Crippen molar-refractivity contribution in [3.63, 3.8) is 0 Å². The number of aliphatic hydroxyl groups is 1. The summed E-state index contributed by atoms with van der Waals surface area (Å²) >= 11 is 0.571. The number of phosphoric ester groups is 1. The van der Waals surface area contributed by atoms with Crippen molar-refractivity contribution in [3.05, 3.63) is 75.6 Å². The van der Waals surface area contributed by atoms with Crippen molar-refractivity contribution in [1.82, 2.24) is 29.1 Å². The lowest BCUT2D eigenvalue weighted by Gasteiger charge is -2.29. The van der Waals surface area contributed by atoms with E-state index in [-0.39, 0.29) is 54.9 Å². The van der Waals surface area contributed by atoms with Gasteiger partial charge in [-0.1, -0.05) is 12.1 Å². The molecule has 4 aromatic rings. The summed E-state index contributed by atoms with van der Waals surface area (Å²) in [6.45, 7) is -5.35. The van der Waals surface area contributed by atoms with Crippen LogP contribution in [0.2, 0.25) is 0 Å². The Kier molecular flexibility index (Phi) is 16.1. The van der Waals surface area contributed by atoms with E-state index in [1.165, 1.54) is 24.3 Å². The second-order valence-electron chi connectivity index (χ2n) is 14.0. The minimum absolute atomic E-state index is 0.0223. The van der Waals surface area contributed by atoms with Crippen molar-refractivity contribution in [2.24, 2.45) is 0 Å². The Morgan fingerprint density at radius 2 is 1.55 bits per heavy atom. The summed E-state index contributed by atoms with van der Waals surface area (Å²) in [5.41, 5.74) is 4.67. The summed E-state index contributed by atoms with van der Waals surface area (Å²) in [4.78, 5) is 61.5. The van der Waals surface area contributed by atoms with Crippen molar-refractivity contribution in [2.75, 3.05) is 65.2 Å². The SMILES string of the molecule is Nc1ncnc2c1ncn2[C@@H]1O[C@@H]2COP(=O)(SCc3ccc(OC(=O)COCCOCCOCCCO)cc3)O[C@H]3[C@@H](F)[C@H](n4ccc(=O)[nH]c4=O)O[C@@H]3COP(=O)(O)O[C@H]2[C@H]1F. The van der Waals surface area contributed by atoms with E-state index in [1.807, 2.05) is 4.98 Å². The zero-order valence-corrected chi connectivity index (χ0v) is 36.0. The Morgan fingerprint density at radius 3 is 2.25 bits per heavy atom. The van der Waals surface area contributed by atoms with Gasteiger partial charge in [0.05, 0.1) is 46.0 Å². The number of fused-ring (bicyclic) bond motifs is 3. The molecule has 0 aliphatic carbocycles. The highest BCUT2D eigenvalue weighted by Crippen LogP contribution is 2.65. The van der Waals surface area contributed by atoms with E-state index in [1.54, 1.807) is 0 Å². The minimum Gasteiger partial charge on any atom is -0.425 e. The van der Waals surface area contributed by atoms with Gasteiger partial charge >= 0.3 is 26.3 Å². The molecule has 0 spiro atoms.